The van der Waals surface area contributed by atoms with E-state index in [-0.39, 0.29) is 5.91 Å². The minimum absolute atomic E-state index is 0.109. The van der Waals surface area contributed by atoms with Crippen molar-refractivity contribution in [2.75, 3.05) is 39.0 Å². The second-order valence-corrected chi connectivity index (χ2v) is 9.32. The zero-order chi connectivity index (χ0) is 19.4. The molecule has 27 heavy (non-hydrogen) atoms. The molecular weight excluding hydrogens is 388 g/mol. The van der Waals surface area contributed by atoms with E-state index in [1.807, 2.05) is 12.1 Å². The molecule has 1 aliphatic rings. The van der Waals surface area contributed by atoms with Crippen molar-refractivity contribution in [1.82, 2.24) is 19.9 Å². The predicted molar refractivity (Wildman–Crippen MR) is 108 cm³/mol. The number of aromatic nitrogens is 1. The van der Waals surface area contributed by atoms with Gasteiger partial charge in [0.2, 0.25) is 10.0 Å². The standard InChI is InChI=1S/C18H25ClN4O3S/c1-27(25,26)22-6-9-23-7-3-13(4-8-23)12-21-18(24)16-10-14(19)11-17-15(16)2-5-20-17/h2,5,10-11,13,20,22H,3-4,6-9,12H2,1H3,(H,21,24). The fourth-order valence-corrected chi connectivity index (χ4v) is 4.14. The number of nitrogens with zero attached hydrogens (tertiary/aromatic N) is 1. The summed E-state index contributed by atoms with van der Waals surface area (Å²) in [4.78, 5) is 17.9. The molecule has 1 aliphatic heterocycles. The second kappa shape index (κ2) is 8.60. The summed E-state index contributed by atoms with van der Waals surface area (Å²) < 4.78 is 24.7. The van der Waals surface area contributed by atoms with Gasteiger partial charge in [0.15, 0.2) is 0 Å². The van der Waals surface area contributed by atoms with Crippen molar-refractivity contribution in [3.8, 4) is 0 Å². The Morgan fingerprint density at radius 1 is 1.33 bits per heavy atom. The van der Waals surface area contributed by atoms with E-state index in [2.05, 4.69) is 19.9 Å². The molecule has 1 amide bonds. The van der Waals surface area contributed by atoms with E-state index < -0.39 is 10.0 Å². The van der Waals surface area contributed by atoms with Gasteiger partial charge in [-0.05, 0) is 50.0 Å². The van der Waals surface area contributed by atoms with Gasteiger partial charge in [0.05, 0.1) is 11.8 Å². The smallest absolute Gasteiger partial charge is 0.252 e. The van der Waals surface area contributed by atoms with Gasteiger partial charge in [0.1, 0.15) is 0 Å². The Bertz CT molecular complexity index is 904. The van der Waals surface area contributed by atoms with Crippen LogP contribution in [0.25, 0.3) is 10.9 Å². The van der Waals surface area contributed by atoms with Crippen LogP contribution in [0.3, 0.4) is 0 Å². The molecule has 0 spiro atoms. The third kappa shape index (κ3) is 5.68. The van der Waals surface area contributed by atoms with E-state index >= 15 is 0 Å². The Labute approximate surface area is 164 Å². The number of aromatic amines is 1. The molecule has 1 aromatic carbocycles. The molecule has 0 radical (unpaired) electrons. The number of benzene rings is 1. The van der Waals surface area contributed by atoms with E-state index in [9.17, 15) is 13.2 Å². The fourth-order valence-electron chi connectivity index (χ4n) is 3.46. The highest BCUT2D eigenvalue weighted by atomic mass is 35.5. The highest BCUT2D eigenvalue weighted by molar-refractivity contribution is 7.88. The number of H-pyrrole nitrogens is 1. The third-order valence-corrected chi connectivity index (χ3v) is 5.88. The van der Waals surface area contributed by atoms with Crippen LogP contribution in [0, 0.1) is 5.92 Å². The van der Waals surface area contributed by atoms with E-state index in [1.165, 1.54) is 6.26 Å². The van der Waals surface area contributed by atoms with E-state index in [0.717, 1.165) is 36.8 Å². The lowest BCUT2D eigenvalue weighted by Crippen LogP contribution is -2.41. The molecule has 0 unspecified atom stereocenters. The molecule has 1 aromatic heterocycles. The summed E-state index contributed by atoms with van der Waals surface area (Å²) in [5.41, 5.74) is 1.44. The molecule has 0 atom stereocenters. The molecule has 7 nitrogen and oxygen atoms in total. The number of amides is 1. The Kier molecular flexibility index (Phi) is 6.41. The van der Waals surface area contributed by atoms with E-state index in [4.69, 9.17) is 11.6 Å². The van der Waals surface area contributed by atoms with Gasteiger partial charge in [-0.3, -0.25) is 4.79 Å². The maximum Gasteiger partial charge on any atom is 0.252 e. The molecule has 3 N–H and O–H groups in total. The van der Waals surface area contributed by atoms with Gasteiger partial charge in [0, 0.05) is 41.8 Å². The van der Waals surface area contributed by atoms with Crippen LogP contribution in [0.1, 0.15) is 23.2 Å². The molecule has 1 saturated heterocycles. The van der Waals surface area contributed by atoms with E-state index in [0.29, 0.717) is 36.1 Å². The minimum Gasteiger partial charge on any atom is -0.361 e. The lowest BCUT2D eigenvalue weighted by Gasteiger charge is -2.32. The Morgan fingerprint density at radius 2 is 2.07 bits per heavy atom. The summed E-state index contributed by atoms with van der Waals surface area (Å²) >= 11 is 6.11. The number of halogens is 1. The largest absolute Gasteiger partial charge is 0.361 e. The lowest BCUT2D eigenvalue weighted by atomic mass is 9.96. The number of rotatable bonds is 7. The maximum absolute atomic E-state index is 12.6. The highest BCUT2D eigenvalue weighted by Crippen LogP contribution is 2.23. The molecule has 1 fully saturated rings. The number of nitrogens with one attached hydrogen (secondary N) is 3. The van der Waals surface area contributed by atoms with Gasteiger partial charge >= 0.3 is 0 Å². The quantitative estimate of drug-likeness (QED) is 0.646. The van der Waals surface area contributed by atoms with Crippen molar-refractivity contribution in [3.05, 3.63) is 35.0 Å². The molecule has 148 valence electrons. The molecule has 2 heterocycles. The highest BCUT2D eigenvalue weighted by Gasteiger charge is 2.20. The predicted octanol–water partition coefficient (Wildman–Crippen LogP) is 1.81. The normalized spacial score (nSPS) is 16.7. The SMILES string of the molecule is CS(=O)(=O)NCCN1CCC(CNC(=O)c2cc(Cl)cc3[nH]ccc23)CC1. The van der Waals surface area contributed by atoms with Crippen LogP contribution in [-0.4, -0.2) is 63.2 Å². The first-order valence-corrected chi connectivity index (χ1v) is 11.3. The van der Waals surface area contributed by atoms with Gasteiger partial charge in [0.25, 0.3) is 5.91 Å². The first-order valence-electron chi connectivity index (χ1n) is 9.03. The summed E-state index contributed by atoms with van der Waals surface area (Å²) in [6.07, 6.45) is 4.93. The minimum atomic E-state index is -3.13. The van der Waals surface area contributed by atoms with Crippen LogP contribution in [0.15, 0.2) is 24.4 Å². The van der Waals surface area contributed by atoms with Crippen LogP contribution < -0.4 is 10.0 Å². The van der Waals surface area contributed by atoms with Crippen molar-refractivity contribution in [2.24, 2.45) is 5.92 Å². The van der Waals surface area contributed by atoms with Crippen molar-refractivity contribution >= 4 is 38.4 Å². The Hall–Kier alpha value is -1.61. The van der Waals surface area contributed by atoms with Crippen LogP contribution >= 0.6 is 11.6 Å². The number of carbonyl (C=O) groups is 1. The van der Waals surface area contributed by atoms with Gasteiger partial charge in [-0.2, -0.15) is 0 Å². The summed E-state index contributed by atoms with van der Waals surface area (Å²) in [5, 5.41) is 4.43. The summed E-state index contributed by atoms with van der Waals surface area (Å²) in [5.74, 6) is 0.316. The molecule has 0 bridgehead atoms. The van der Waals surface area contributed by atoms with Gasteiger partial charge in [-0.15, -0.1) is 0 Å². The zero-order valence-corrected chi connectivity index (χ0v) is 16.9. The maximum atomic E-state index is 12.6. The van der Waals surface area contributed by atoms with Crippen molar-refractivity contribution in [2.45, 2.75) is 12.8 Å². The van der Waals surface area contributed by atoms with Crippen molar-refractivity contribution < 1.29 is 13.2 Å². The van der Waals surface area contributed by atoms with Crippen LogP contribution in [0.2, 0.25) is 5.02 Å². The third-order valence-electron chi connectivity index (χ3n) is 4.93. The molecule has 0 saturated carbocycles. The van der Waals surface area contributed by atoms with Gasteiger partial charge in [-0.1, -0.05) is 11.6 Å². The number of hydrogen-bond acceptors (Lipinski definition) is 4. The Balaban J connectivity index is 1.46. The van der Waals surface area contributed by atoms with Crippen LogP contribution in [-0.2, 0) is 10.0 Å². The fraction of sp³-hybridized carbons (Fsp3) is 0.500. The number of carbonyl (C=O) groups excluding carboxylic acids is 1. The molecule has 3 rings (SSSR count). The van der Waals surface area contributed by atoms with Gasteiger partial charge < -0.3 is 15.2 Å². The number of piperidine rings is 1. The van der Waals surface area contributed by atoms with Crippen LogP contribution in [0.5, 0.6) is 0 Å². The molecule has 2 aromatic rings. The average molecular weight is 413 g/mol. The number of likely N-dealkylation sites (tertiary alicyclic amines) is 1. The van der Waals surface area contributed by atoms with E-state index in [1.54, 1.807) is 12.3 Å². The first kappa shape index (κ1) is 20.1. The van der Waals surface area contributed by atoms with Crippen LogP contribution in [0.4, 0.5) is 0 Å². The molecular formula is C18H25ClN4O3S. The number of fused-ring (bicyclic) bond motifs is 1. The molecule has 9 heteroatoms. The van der Waals surface area contributed by atoms with Gasteiger partial charge in [-0.25, -0.2) is 13.1 Å². The zero-order valence-electron chi connectivity index (χ0n) is 15.3. The monoisotopic (exact) mass is 412 g/mol. The molecule has 0 aliphatic carbocycles. The number of sulfonamides is 1. The van der Waals surface area contributed by atoms with Crippen molar-refractivity contribution in [3.63, 3.8) is 0 Å². The lowest BCUT2D eigenvalue weighted by molar-refractivity contribution is 0.0938. The second-order valence-electron chi connectivity index (χ2n) is 7.05. The topological polar surface area (TPSA) is 94.3 Å². The number of hydrogen-bond donors (Lipinski definition) is 3. The summed E-state index contributed by atoms with van der Waals surface area (Å²) in [7, 11) is -3.13. The average Bonchev–Trinajstić information content (AvgIpc) is 3.07. The van der Waals surface area contributed by atoms with Crippen molar-refractivity contribution in [1.29, 1.82) is 0 Å². The first-order chi connectivity index (χ1) is 12.8. The Morgan fingerprint density at radius 3 is 2.78 bits per heavy atom. The summed E-state index contributed by atoms with van der Waals surface area (Å²) in [6, 6.07) is 5.38. The summed E-state index contributed by atoms with van der Waals surface area (Å²) in [6.45, 7) is 3.59.